The second kappa shape index (κ2) is 8.84. The van der Waals surface area contributed by atoms with E-state index < -0.39 is 0 Å². The van der Waals surface area contributed by atoms with Crippen LogP contribution in [0.4, 0.5) is 0 Å². The highest BCUT2D eigenvalue weighted by molar-refractivity contribution is 5.63. The van der Waals surface area contributed by atoms with Crippen LogP contribution in [0.3, 0.4) is 0 Å². The number of imidazole rings is 1. The third kappa shape index (κ3) is 4.27. The minimum atomic E-state index is 0.161. The van der Waals surface area contributed by atoms with E-state index in [-0.39, 0.29) is 5.92 Å². The molecule has 0 aliphatic rings. The van der Waals surface area contributed by atoms with Gasteiger partial charge < -0.3 is 13.8 Å². The van der Waals surface area contributed by atoms with Gasteiger partial charge in [-0.2, -0.15) is 4.98 Å². The van der Waals surface area contributed by atoms with Gasteiger partial charge >= 0.3 is 0 Å². The van der Waals surface area contributed by atoms with E-state index in [2.05, 4.69) is 58.0 Å². The van der Waals surface area contributed by atoms with Crippen LogP contribution in [0.25, 0.3) is 11.3 Å². The lowest BCUT2D eigenvalue weighted by atomic mass is 9.94. The predicted octanol–water partition coefficient (Wildman–Crippen LogP) is 4.32. The Kier molecular flexibility index (Phi) is 5.81. The summed E-state index contributed by atoms with van der Waals surface area (Å²) in [5.41, 5.74) is 4.44. The van der Waals surface area contributed by atoms with Gasteiger partial charge in [-0.25, -0.2) is 4.98 Å². The van der Waals surface area contributed by atoms with E-state index in [1.54, 1.807) is 7.11 Å². The zero-order chi connectivity index (χ0) is 20.1. The van der Waals surface area contributed by atoms with Crippen molar-refractivity contribution >= 4 is 0 Å². The molecule has 0 amide bonds. The van der Waals surface area contributed by atoms with Crippen molar-refractivity contribution in [2.24, 2.45) is 0 Å². The molecule has 0 bridgehead atoms. The normalized spacial score (nSPS) is 12.2. The molecule has 2 heterocycles. The van der Waals surface area contributed by atoms with Crippen molar-refractivity contribution in [2.45, 2.75) is 25.8 Å². The summed E-state index contributed by atoms with van der Waals surface area (Å²) in [6.45, 7) is 3.26. The van der Waals surface area contributed by atoms with Gasteiger partial charge in [0.15, 0.2) is 5.82 Å². The van der Waals surface area contributed by atoms with E-state index in [0.717, 1.165) is 17.0 Å². The zero-order valence-electron chi connectivity index (χ0n) is 16.7. The van der Waals surface area contributed by atoms with Crippen LogP contribution in [0.1, 0.15) is 35.8 Å². The highest BCUT2D eigenvalue weighted by atomic mass is 16.5. The van der Waals surface area contributed by atoms with Crippen LogP contribution in [0.5, 0.6) is 0 Å². The second-order valence-electron chi connectivity index (χ2n) is 6.95. The summed E-state index contributed by atoms with van der Waals surface area (Å²) in [5, 5.41) is 4.13. The van der Waals surface area contributed by atoms with Gasteiger partial charge in [-0.05, 0) is 5.56 Å². The van der Waals surface area contributed by atoms with E-state index >= 15 is 0 Å². The monoisotopic (exact) mass is 388 g/mol. The van der Waals surface area contributed by atoms with Gasteiger partial charge in [0.2, 0.25) is 5.89 Å². The Balaban J connectivity index is 1.70. The SMILES string of the molecule is COCCc1nc(Cn2cnc(-c3ccccc3)c2[C@H](C)c2ccccc2)no1. The molecule has 0 aliphatic carbocycles. The molecule has 29 heavy (non-hydrogen) atoms. The van der Waals surface area contributed by atoms with Gasteiger partial charge in [0.25, 0.3) is 0 Å². The fourth-order valence-corrected chi connectivity index (χ4v) is 3.49. The number of rotatable bonds is 8. The van der Waals surface area contributed by atoms with Crippen molar-refractivity contribution in [1.29, 1.82) is 0 Å². The Morgan fingerprint density at radius 2 is 1.76 bits per heavy atom. The van der Waals surface area contributed by atoms with Crippen LogP contribution in [-0.2, 0) is 17.7 Å². The molecular weight excluding hydrogens is 364 g/mol. The molecule has 0 saturated heterocycles. The molecule has 6 nitrogen and oxygen atoms in total. The first-order valence-corrected chi connectivity index (χ1v) is 9.72. The molecule has 6 heteroatoms. The van der Waals surface area contributed by atoms with E-state index in [1.807, 2.05) is 30.6 Å². The first-order chi connectivity index (χ1) is 14.3. The zero-order valence-corrected chi connectivity index (χ0v) is 16.7. The molecule has 0 saturated carbocycles. The largest absolute Gasteiger partial charge is 0.384 e. The number of aromatic nitrogens is 4. The average molecular weight is 388 g/mol. The summed E-state index contributed by atoms with van der Waals surface area (Å²) in [7, 11) is 1.66. The van der Waals surface area contributed by atoms with E-state index in [1.165, 1.54) is 5.56 Å². The Labute approximate surface area is 170 Å². The van der Waals surface area contributed by atoms with Gasteiger partial charge in [0, 0.05) is 18.6 Å². The van der Waals surface area contributed by atoms with Crippen LogP contribution in [0.15, 0.2) is 71.5 Å². The number of nitrogens with zero attached hydrogens (tertiary/aromatic N) is 4. The summed E-state index contributed by atoms with van der Waals surface area (Å²) in [6.07, 6.45) is 2.47. The number of hydrogen-bond donors (Lipinski definition) is 0. The molecule has 0 radical (unpaired) electrons. The molecule has 0 spiro atoms. The highest BCUT2D eigenvalue weighted by Gasteiger charge is 2.21. The lowest BCUT2D eigenvalue weighted by molar-refractivity contribution is 0.192. The topological polar surface area (TPSA) is 66.0 Å². The van der Waals surface area contributed by atoms with E-state index in [0.29, 0.717) is 31.3 Å². The Morgan fingerprint density at radius 1 is 1.03 bits per heavy atom. The number of methoxy groups -OCH3 is 1. The third-order valence-corrected chi connectivity index (χ3v) is 4.98. The van der Waals surface area contributed by atoms with E-state index in [4.69, 9.17) is 14.2 Å². The molecule has 2 aromatic carbocycles. The predicted molar refractivity (Wildman–Crippen MR) is 111 cm³/mol. The maximum absolute atomic E-state index is 5.34. The molecular formula is C23H24N4O2. The van der Waals surface area contributed by atoms with Gasteiger partial charge in [-0.15, -0.1) is 0 Å². The maximum Gasteiger partial charge on any atom is 0.229 e. The van der Waals surface area contributed by atoms with Crippen LogP contribution < -0.4 is 0 Å². The standard InChI is InChI=1S/C23H24N4O2/c1-17(18-9-5-3-6-10-18)23-22(19-11-7-4-8-12-19)24-16-27(23)15-20-25-21(29-26-20)13-14-28-2/h3-12,16-17H,13-15H2,1-2H3/t17-/m1/s1. The molecule has 0 unspecified atom stereocenters. The molecule has 4 rings (SSSR count). The van der Waals surface area contributed by atoms with Crippen LogP contribution in [-0.4, -0.2) is 33.4 Å². The van der Waals surface area contributed by atoms with Crippen molar-refractivity contribution in [2.75, 3.05) is 13.7 Å². The van der Waals surface area contributed by atoms with Crippen LogP contribution >= 0.6 is 0 Å². The second-order valence-corrected chi connectivity index (χ2v) is 6.95. The molecule has 148 valence electrons. The van der Waals surface area contributed by atoms with Gasteiger partial charge in [-0.1, -0.05) is 72.7 Å². The summed E-state index contributed by atoms with van der Waals surface area (Å²) in [5.74, 6) is 1.38. The molecule has 0 fully saturated rings. The van der Waals surface area contributed by atoms with Crippen LogP contribution in [0, 0.1) is 0 Å². The minimum Gasteiger partial charge on any atom is -0.384 e. The number of benzene rings is 2. The first kappa shape index (κ1) is 19.1. The van der Waals surface area contributed by atoms with Crippen molar-refractivity contribution < 1.29 is 9.26 Å². The summed E-state index contributed by atoms with van der Waals surface area (Å²) >= 11 is 0. The lowest BCUT2D eigenvalue weighted by Crippen LogP contribution is -2.09. The number of ether oxygens (including phenoxy) is 1. The van der Waals surface area contributed by atoms with Crippen molar-refractivity contribution in [1.82, 2.24) is 19.7 Å². The Morgan fingerprint density at radius 3 is 2.48 bits per heavy atom. The number of hydrogen-bond acceptors (Lipinski definition) is 5. The summed E-state index contributed by atoms with van der Waals surface area (Å²) in [4.78, 5) is 9.23. The van der Waals surface area contributed by atoms with Crippen molar-refractivity contribution in [3.8, 4) is 11.3 Å². The Bertz CT molecular complexity index is 1040. The fraction of sp³-hybridized carbons (Fsp3) is 0.261. The third-order valence-electron chi connectivity index (χ3n) is 4.98. The van der Waals surface area contributed by atoms with Crippen LogP contribution in [0.2, 0.25) is 0 Å². The lowest BCUT2D eigenvalue weighted by Gasteiger charge is -2.17. The smallest absolute Gasteiger partial charge is 0.229 e. The molecule has 0 N–H and O–H groups in total. The molecule has 1 atom stereocenters. The van der Waals surface area contributed by atoms with Gasteiger partial charge in [0.1, 0.15) is 0 Å². The summed E-state index contributed by atoms with van der Waals surface area (Å²) < 4.78 is 12.5. The fourth-order valence-electron chi connectivity index (χ4n) is 3.49. The molecule has 2 aromatic heterocycles. The van der Waals surface area contributed by atoms with Gasteiger partial charge in [-0.3, -0.25) is 0 Å². The van der Waals surface area contributed by atoms with Gasteiger partial charge in [0.05, 0.1) is 37.3 Å². The highest BCUT2D eigenvalue weighted by Crippen LogP contribution is 2.32. The summed E-state index contributed by atoms with van der Waals surface area (Å²) in [6, 6.07) is 20.7. The first-order valence-electron chi connectivity index (χ1n) is 9.72. The van der Waals surface area contributed by atoms with Crippen molar-refractivity contribution in [3.63, 3.8) is 0 Å². The molecule has 0 aliphatic heterocycles. The minimum absolute atomic E-state index is 0.161. The van der Waals surface area contributed by atoms with Crippen molar-refractivity contribution in [3.05, 3.63) is 90.0 Å². The van der Waals surface area contributed by atoms with E-state index in [9.17, 15) is 0 Å². The maximum atomic E-state index is 5.34. The quantitative estimate of drug-likeness (QED) is 0.450. The molecule has 4 aromatic rings. The average Bonchev–Trinajstić information content (AvgIpc) is 3.40. The Hall–Kier alpha value is -3.25.